The normalized spacial score (nSPS) is 11.0. The van der Waals surface area contributed by atoms with Crippen LogP contribution in [-0.2, 0) is 11.3 Å². The van der Waals surface area contributed by atoms with Crippen LogP contribution in [-0.4, -0.2) is 33.3 Å². The molecule has 2 aromatic heterocycles. The number of methoxy groups -OCH3 is 1. The Balaban J connectivity index is 1.48. The number of halogens is 1. The molecule has 0 fully saturated rings. The zero-order chi connectivity index (χ0) is 25.8. The molecule has 7 nitrogen and oxygen atoms in total. The first-order valence-corrected chi connectivity index (χ1v) is 12.5. The van der Waals surface area contributed by atoms with Crippen molar-refractivity contribution in [3.05, 3.63) is 107 Å². The number of nitrogens with zero attached hydrogens (tertiary/aromatic N) is 2. The predicted molar refractivity (Wildman–Crippen MR) is 143 cm³/mol. The number of hydrogen-bond donors (Lipinski definition) is 2. The van der Waals surface area contributed by atoms with Crippen LogP contribution in [0.1, 0.15) is 5.56 Å². The van der Waals surface area contributed by atoms with Crippen molar-refractivity contribution in [1.82, 2.24) is 19.9 Å². The van der Waals surface area contributed by atoms with E-state index in [0.29, 0.717) is 27.6 Å². The van der Waals surface area contributed by atoms with E-state index >= 15 is 0 Å². The summed E-state index contributed by atoms with van der Waals surface area (Å²) in [7, 11) is 1.57. The number of fused-ring (bicyclic) bond motifs is 1. The Morgan fingerprint density at radius 1 is 1.05 bits per heavy atom. The SMILES string of the molecule is COc1ccc(-n2c(SCC(=O)NCc3ccc(F)cc3)nc3c(-c4ccccc4)c[nH]c3c2=O)cc1. The van der Waals surface area contributed by atoms with Crippen molar-refractivity contribution < 1.29 is 13.9 Å². The zero-order valence-corrected chi connectivity index (χ0v) is 20.7. The van der Waals surface area contributed by atoms with Crippen LogP contribution in [0.3, 0.4) is 0 Å². The molecule has 2 heterocycles. The first-order valence-electron chi connectivity index (χ1n) is 11.5. The highest BCUT2D eigenvalue weighted by molar-refractivity contribution is 7.99. The summed E-state index contributed by atoms with van der Waals surface area (Å²) >= 11 is 1.17. The van der Waals surface area contributed by atoms with Crippen LogP contribution in [0.25, 0.3) is 27.8 Å². The van der Waals surface area contributed by atoms with E-state index in [1.807, 2.05) is 30.3 Å². The molecule has 0 saturated carbocycles. The van der Waals surface area contributed by atoms with Crippen LogP contribution in [0.5, 0.6) is 5.75 Å². The smallest absolute Gasteiger partial charge is 0.283 e. The maximum Gasteiger partial charge on any atom is 0.283 e. The second kappa shape index (κ2) is 10.7. The highest BCUT2D eigenvalue weighted by Crippen LogP contribution is 2.29. The van der Waals surface area contributed by atoms with Gasteiger partial charge in [-0.3, -0.25) is 14.2 Å². The molecule has 37 heavy (non-hydrogen) atoms. The molecule has 2 N–H and O–H groups in total. The van der Waals surface area contributed by atoms with Crippen LogP contribution in [0, 0.1) is 5.82 Å². The number of carbonyl (C=O) groups is 1. The van der Waals surface area contributed by atoms with Gasteiger partial charge in [0, 0.05) is 18.3 Å². The fourth-order valence-electron chi connectivity index (χ4n) is 3.92. The van der Waals surface area contributed by atoms with E-state index < -0.39 is 0 Å². The summed E-state index contributed by atoms with van der Waals surface area (Å²) in [6.45, 7) is 0.271. The molecule has 0 aliphatic carbocycles. The minimum atomic E-state index is -0.330. The number of H-pyrrole nitrogens is 1. The number of hydrogen-bond acceptors (Lipinski definition) is 5. The monoisotopic (exact) mass is 514 g/mol. The molecule has 186 valence electrons. The van der Waals surface area contributed by atoms with E-state index in [1.165, 1.54) is 28.5 Å². The van der Waals surface area contributed by atoms with Gasteiger partial charge in [0.2, 0.25) is 5.91 Å². The number of nitrogens with one attached hydrogen (secondary N) is 2. The van der Waals surface area contributed by atoms with Crippen molar-refractivity contribution in [2.24, 2.45) is 0 Å². The molecule has 3 aromatic carbocycles. The van der Waals surface area contributed by atoms with Gasteiger partial charge in [-0.05, 0) is 47.5 Å². The third kappa shape index (κ3) is 5.26. The first kappa shape index (κ1) is 24.3. The Morgan fingerprint density at radius 3 is 2.49 bits per heavy atom. The molecule has 0 radical (unpaired) electrons. The number of aromatic amines is 1. The van der Waals surface area contributed by atoms with Gasteiger partial charge in [0.1, 0.15) is 22.6 Å². The topological polar surface area (TPSA) is 89.0 Å². The van der Waals surface area contributed by atoms with Gasteiger partial charge in [-0.1, -0.05) is 54.2 Å². The maximum atomic E-state index is 13.6. The molecule has 0 spiro atoms. The minimum absolute atomic E-state index is 0.0421. The molecular formula is C28H23FN4O3S. The fraction of sp³-hybridized carbons (Fsp3) is 0.107. The summed E-state index contributed by atoms with van der Waals surface area (Å²) in [5.41, 5.74) is 3.76. The number of amides is 1. The lowest BCUT2D eigenvalue weighted by atomic mass is 10.1. The second-order valence-electron chi connectivity index (χ2n) is 8.22. The van der Waals surface area contributed by atoms with Gasteiger partial charge in [0.25, 0.3) is 5.56 Å². The molecule has 1 amide bonds. The van der Waals surface area contributed by atoms with Crippen molar-refractivity contribution >= 4 is 28.7 Å². The zero-order valence-electron chi connectivity index (χ0n) is 19.9. The summed E-state index contributed by atoms with van der Waals surface area (Å²) in [5, 5.41) is 3.21. The second-order valence-corrected chi connectivity index (χ2v) is 9.16. The van der Waals surface area contributed by atoms with E-state index in [0.717, 1.165) is 16.7 Å². The lowest BCUT2D eigenvalue weighted by Gasteiger charge is -2.13. The van der Waals surface area contributed by atoms with Gasteiger partial charge < -0.3 is 15.0 Å². The summed E-state index contributed by atoms with van der Waals surface area (Å²) in [6.07, 6.45) is 1.77. The van der Waals surface area contributed by atoms with Gasteiger partial charge >= 0.3 is 0 Å². The van der Waals surface area contributed by atoms with Gasteiger partial charge in [0.15, 0.2) is 5.16 Å². The van der Waals surface area contributed by atoms with Gasteiger partial charge in [0.05, 0.1) is 18.6 Å². The maximum absolute atomic E-state index is 13.6. The Hall–Kier alpha value is -4.37. The number of thioether (sulfide) groups is 1. The molecule has 0 bridgehead atoms. The van der Waals surface area contributed by atoms with Crippen molar-refractivity contribution in [1.29, 1.82) is 0 Å². The number of carbonyl (C=O) groups excluding carboxylic acids is 1. The molecule has 0 saturated heterocycles. The molecule has 9 heteroatoms. The van der Waals surface area contributed by atoms with Gasteiger partial charge in [-0.15, -0.1) is 0 Å². The summed E-state index contributed by atoms with van der Waals surface area (Å²) in [4.78, 5) is 34.2. The van der Waals surface area contributed by atoms with Crippen LogP contribution in [0.4, 0.5) is 4.39 Å². The quantitative estimate of drug-likeness (QED) is 0.226. The Morgan fingerprint density at radius 2 is 1.78 bits per heavy atom. The third-order valence-electron chi connectivity index (χ3n) is 5.82. The van der Waals surface area contributed by atoms with Crippen molar-refractivity contribution in [2.75, 3.05) is 12.9 Å². The highest BCUT2D eigenvalue weighted by atomic mass is 32.2. The van der Waals surface area contributed by atoms with Crippen molar-refractivity contribution in [2.45, 2.75) is 11.7 Å². The molecule has 0 unspecified atom stereocenters. The summed E-state index contributed by atoms with van der Waals surface area (Å²) in [6, 6.07) is 22.7. The van der Waals surface area contributed by atoms with Crippen LogP contribution < -0.4 is 15.6 Å². The molecular weight excluding hydrogens is 491 g/mol. The van der Waals surface area contributed by atoms with E-state index in [1.54, 1.807) is 49.7 Å². The molecule has 5 rings (SSSR count). The minimum Gasteiger partial charge on any atom is -0.497 e. The predicted octanol–water partition coefficient (Wildman–Crippen LogP) is 4.94. The average Bonchev–Trinajstić information content (AvgIpc) is 3.36. The van der Waals surface area contributed by atoms with E-state index in [2.05, 4.69) is 10.3 Å². The standard InChI is InChI=1S/C28H23FN4O3S/c1-36-22-13-11-21(12-14-22)33-27(35)26-25(23(16-31-26)19-5-3-2-4-6-19)32-28(33)37-17-24(34)30-15-18-7-9-20(29)10-8-18/h2-14,16,31H,15,17H2,1H3,(H,30,34). The average molecular weight is 515 g/mol. The molecule has 5 aromatic rings. The fourth-order valence-corrected chi connectivity index (χ4v) is 4.75. The first-order chi connectivity index (χ1) is 18.0. The van der Waals surface area contributed by atoms with E-state index in [9.17, 15) is 14.0 Å². The van der Waals surface area contributed by atoms with Crippen molar-refractivity contribution in [3.8, 4) is 22.6 Å². The molecule has 0 aliphatic rings. The number of aromatic nitrogens is 3. The Kier molecular flexibility index (Phi) is 7.04. The number of rotatable bonds is 8. The molecule has 0 atom stereocenters. The highest BCUT2D eigenvalue weighted by Gasteiger charge is 2.19. The van der Waals surface area contributed by atoms with Crippen LogP contribution >= 0.6 is 11.8 Å². The van der Waals surface area contributed by atoms with Crippen LogP contribution in [0.15, 0.2) is 95.0 Å². The van der Waals surface area contributed by atoms with Gasteiger partial charge in [-0.25, -0.2) is 9.37 Å². The third-order valence-corrected chi connectivity index (χ3v) is 6.76. The van der Waals surface area contributed by atoms with Crippen molar-refractivity contribution in [3.63, 3.8) is 0 Å². The Bertz CT molecular complexity index is 1600. The summed E-state index contributed by atoms with van der Waals surface area (Å²) in [5.74, 6) is 0.136. The van der Waals surface area contributed by atoms with E-state index in [4.69, 9.17) is 9.72 Å². The van der Waals surface area contributed by atoms with E-state index in [-0.39, 0.29) is 29.6 Å². The largest absolute Gasteiger partial charge is 0.497 e. The summed E-state index contributed by atoms with van der Waals surface area (Å²) < 4.78 is 19.9. The Labute approximate surface area is 216 Å². The van der Waals surface area contributed by atoms with Crippen LogP contribution in [0.2, 0.25) is 0 Å². The lowest BCUT2D eigenvalue weighted by Crippen LogP contribution is -2.26. The number of benzene rings is 3. The number of ether oxygens (including phenoxy) is 1. The van der Waals surface area contributed by atoms with Gasteiger partial charge in [-0.2, -0.15) is 0 Å². The lowest BCUT2D eigenvalue weighted by molar-refractivity contribution is -0.118. The molecule has 0 aliphatic heterocycles.